The fourth-order valence-corrected chi connectivity index (χ4v) is 2.43. The van der Waals surface area contributed by atoms with E-state index in [1.165, 1.54) is 11.5 Å². The maximum atomic E-state index is 5.66. The van der Waals surface area contributed by atoms with Gasteiger partial charge >= 0.3 is 0 Å². The lowest BCUT2D eigenvalue weighted by atomic mass is 10.0. The molecule has 3 rings (SSSR count). The van der Waals surface area contributed by atoms with Crippen LogP contribution in [0.3, 0.4) is 0 Å². The maximum Gasteiger partial charge on any atom is 0.200 e. The van der Waals surface area contributed by atoms with Crippen molar-refractivity contribution >= 4 is 27.4 Å². The van der Waals surface area contributed by atoms with Crippen molar-refractivity contribution < 1.29 is 4.74 Å². The lowest BCUT2D eigenvalue weighted by Crippen LogP contribution is -1.91. The fourth-order valence-electron chi connectivity index (χ4n) is 1.99. The molecule has 0 radical (unpaired) electrons. The molecule has 0 aliphatic heterocycles. The molecule has 0 amide bonds. The van der Waals surface area contributed by atoms with Crippen molar-refractivity contribution in [2.24, 2.45) is 0 Å². The van der Waals surface area contributed by atoms with Crippen LogP contribution in [-0.2, 0) is 0 Å². The summed E-state index contributed by atoms with van der Waals surface area (Å²) >= 11 is 1.19. The molecule has 0 aliphatic rings. The molecule has 0 bridgehead atoms. The van der Waals surface area contributed by atoms with Crippen LogP contribution in [-0.4, -0.2) is 16.5 Å². The first-order chi connectivity index (χ1) is 8.79. The highest BCUT2D eigenvalue weighted by Crippen LogP contribution is 2.36. The third-order valence-electron chi connectivity index (χ3n) is 2.78. The van der Waals surface area contributed by atoms with Crippen LogP contribution in [0.2, 0.25) is 0 Å². The molecule has 1 heterocycles. The van der Waals surface area contributed by atoms with Gasteiger partial charge in [-0.15, -0.1) is 0 Å². The Bertz CT molecular complexity index is 708. The number of nitrogens with zero attached hydrogens (tertiary/aromatic N) is 2. The molecule has 2 N–H and O–H groups in total. The molecule has 5 heteroatoms. The van der Waals surface area contributed by atoms with Crippen molar-refractivity contribution in [1.82, 2.24) is 9.36 Å². The van der Waals surface area contributed by atoms with Crippen molar-refractivity contribution in [3.8, 4) is 17.1 Å². The van der Waals surface area contributed by atoms with Gasteiger partial charge in [0.25, 0.3) is 0 Å². The number of fused-ring (bicyclic) bond motifs is 1. The summed E-state index contributed by atoms with van der Waals surface area (Å²) < 4.78 is 9.67. The Morgan fingerprint density at radius 3 is 2.72 bits per heavy atom. The Morgan fingerprint density at radius 2 is 2.00 bits per heavy atom. The molecule has 90 valence electrons. The molecule has 0 aliphatic carbocycles. The zero-order valence-corrected chi connectivity index (χ0v) is 10.6. The van der Waals surface area contributed by atoms with E-state index in [9.17, 15) is 0 Å². The number of rotatable bonds is 2. The lowest BCUT2D eigenvalue weighted by Gasteiger charge is -2.09. The summed E-state index contributed by atoms with van der Waals surface area (Å²) in [6.45, 7) is 0. The van der Waals surface area contributed by atoms with Crippen molar-refractivity contribution in [2.45, 2.75) is 0 Å². The summed E-state index contributed by atoms with van der Waals surface area (Å²) in [5.41, 5.74) is 6.55. The van der Waals surface area contributed by atoms with Gasteiger partial charge in [-0.1, -0.05) is 30.3 Å². The standard InChI is InChI=1S/C13H11N3OS/c1-17-10-7-6-8-4-2-3-5-9(8)11(10)12-15-13(14)18-16-12/h2-7H,1H3,(H2,14,15,16). The Morgan fingerprint density at radius 1 is 1.17 bits per heavy atom. The van der Waals surface area contributed by atoms with Gasteiger partial charge in [0.15, 0.2) is 11.0 Å². The molecule has 3 aromatic rings. The van der Waals surface area contributed by atoms with Crippen molar-refractivity contribution in [2.75, 3.05) is 12.8 Å². The normalized spacial score (nSPS) is 10.7. The van der Waals surface area contributed by atoms with Crippen LogP contribution in [0.15, 0.2) is 36.4 Å². The van der Waals surface area contributed by atoms with Gasteiger partial charge in [-0.2, -0.15) is 9.36 Å². The topological polar surface area (TPSA) is 61.0 Å². The van der Waals surface area contributed by atoms with Crippen LogP contribution in [0, 0.1) is 0 Å². The molecule has 0 unspecified atom stereocenters. The Kier molecular flexibility index (Phi) is 2.60. The minimum absolute atomic E-state index is 0.458. The largest absolute Gasteiger partial charge is 0.496 e. The van der Waals surface area contributed by atoms with Crippen LogP contribution in [0.1, 0.15) is 0 Å². The second-order valence-corrected chi connectivity index (χ2v) is 4.60. The van der Waals surface area contributed by atoms with Gasteiger partial charge in [0.05, 0.1) is 12.7 Å². The van der Waals surface area contributed by atoms with Gasteiger partial charge in [-0.05, 0) is 16.8 Å². The van der Waals surface area contributed by atoms with Crippen LogP contribution >= 0.6 is 11.5 Å². The van der Waals surface area contributed by atoms with Crippen LogP contribution < -0.4 is 10.5 Å². The van der Waals surface area contributed by atoms with E-state index in [0.717, 1.165) is 22.1 Å². The summed E-state index contributed by atoms with van der Waals surface area (Å²) in [5.74, 6) is 1.37. The van der Waals surface area contributed by atoms with E-state index in [2.05, 4.69) is 9.36 Å². The smallest absolute Gasteiger partial charge is 0.200 e. The molecule has 2 aromatic carbocycles. The van der Waals surface area contributed by atoms with E-state index in [4.69, 9.17) is 10.5 Å². The van der Waals surface area contributed by atoms with Gasteiger partial charge < -0.3 is 10.5 Å². The molecular weight excluding hydrogens is 246 g/mol. The Labute approximate surface area is 108 Å². The Balaban J connectivity index is 2.37. The Hall–Kier alpha value is -2.14. The zero-order valence-electron chi connectivity index (χ0n) is 9.75. The van der Waals surface area contributed by atoms with E-state index >= 15 is 0 Å². The molecule has 18 heavy (non-hydrogen) atoms. The molecule has 0 fully saturated rings. The minimum Gasteiger partial charge on any atom is -0.496 e. The van der Waals surface area contributed by atoms with Crippen LogP contribution in [0.5, 0.6) is 5.75 Å². The number of aromatic nitrogens is 2. The van der Waals surface area contributed by atoms with Gasteiger partial charge in [0, 0.05) is 11.5 Å². The summed E-state index contributed by atoms with van der Waals surface area (Å²) in [7, 11) is 1.64. The second kappa shape index (κ2) is 4.27. The zero-order chi connectivity index (χ0) is 12.5. The van der Waals surface area contributed by atoms with E-state index in [0.29, 0.717) is 11.0 Å². The van der Waals surface area contributed by atoms with E-state index in [1.807, 2.05) is 36.4 Å². The van der Waals surface area contributed by atoms with Crippen LogP contribution in [0.4, 0.5) is 5.13 Å². The van der Waals surface area contributed by atoms with Crippen molar-refractivity contribution in [3.63, 3.8) is 0 Å². The maximum absolute atomic E-state index is 5.66. The third-order valence-corrected chi connectivity index (χ3v) is 3.32. The number of nitrogens with two attached hydrogens (primary N) is 1. The summed E-state index contributed by atoms with van der Waals surface area (Å²) in [6, 6.07) is 12.0. The third kappa shape index (κ3) is 1.69. The van der Waals surface area contributed by atoms with Crippen molar-refractivity contribution in [1.29, 1.82) is 0 Å². The first kappa shape index (κ1) is 11.0. The van der Waals surface area contributed by atoms with E-state index in [1.54, 1.807) is 7.11 Å². The fraction of sp³-hybridized carbons (Fsp3) is 0.0769. The highest BCUT2D eigenvalue weighted by atomic mass is 32.1. The molecule has 0 saturated carbocycles. The average molecular weight is 257 g/mol. The number of nitrogen functional groups attached to an aromatic ring is 1. The number of methoxy groups -OCH3 is 1. The number of anilines is 1. The summed E-state index contributed by atoms with van der Waals surface area (Å²) in [4.78, 5) is 4.24. The average Bonchev–Trinajstić information content (AvgIpc) is 2.83. The number of ether oxygens (including phenoxy) is 1. The first-order valence-corrected chi connectivity index (χ1v) is 6.22. The highest BCUT2D eigenvalue weighted by Gasteiger charge is 2.14. The lowest BCUT2D eigenvalue weighted by molar-refractivity contribution is 0.417. The minimum atomic E-state index is 0.458. The van der Waals surface area contributed by atoms with Crippen molar-refractivity contribution in [3.05, 3.63) is 36.4 Å². The van der Waals surface area contributed by atoms with E-state index in [-0.39, 0.29) is 0 Å². The molecule has 4 nitrogen and oxygen atoms in total. The highest BCUT2D eigenvalue weighted by molar-refractivity contribution is 7.09. The molecule has 0 atom stereocenters. The van der Waals surface area contributed by atoms with Gasteiger partial charge in [0.1, 0.15) is 5.75 Å². The predicted molar refractivity (Wildman–Crippen MR) is 73.8 cm³/mol. The molecular formula is C13H11N3OS. The van der Waals surface area contributed by atoms with E-state index < -0.39 is 0 Å². The summed E-state index contributed by atoms with van der Waals surface area (Å²) in [5, 5.41) is 2.65. The number of hydrogen-bond donors (Lipinski definition) is 1. The molecule has 1 aromatic heterocycles. The SMILES string of the molecule is COc1ccc2ccccc2c1-c1nsc(N)n1. The predicted octanol–water partition coefficient (Wildman–Crippen LogP) is 2.95. The quantitative estimate of drug-likeness (QED) is 0.766. The van der Waals surface area contributed by atoms with Gasteiger partial charge in [-0.25, -0.2) is 0 Å². The monoisotopic (exact) mass is 257 g/mol. The van der Waals surface area contributed by atoms with Gasteiger partial charge in [0.2, 0.25) is 0 Å². The van der Waals surface area contributed by atoms with Crippen LogP contribution in [0.25, 0.3) is 22.2 Å². The number of hydrogen-bond acceptors (Lipinski definition) is 5. The summed E-state index contributed by atoms with van der Waals surface area (Å²) in [6.07, 6.45) is 0. The second-order valence-electron chi connectivity index (χ2n) is 3.82. The number of benzene rings is 2. The van der Waals surface area contributed by atoms with Gasteiger partial charge in [-0.3, -0.25) is 0 Å². The first-order valence-electron chi connectivity index (χ1n) is 5.45. The molecule has 0 spiro atoms. The molecule has 0 saturated heterocycles.